The predicted octanol–water partition coefficient (Wildman–Crippen LogP) is 5.92. The Morgan fingerprint density at radius 2 is 1.82 bits per heavy atom. The second kappa shape index (κ2) is 12.5. The van der Waals surface area contributed by atoms with Gasteiger partial charge in [0.1, 0.15) is 17.1 Å². The minimum Gasteiger partial charge on any atom is -0.496 e. The molecule has 2 unspecified atom stereocenters. The zero-order valence-electron chi connectivity index (χ0n) is 22.8. The van der Waals surface area contributed by atoms with Crippen molar-refractivity contribution in [2.45, 2.75) is 57.8 Å². The summed E-state index contributed by atoms with van der Waals surface area (Å²) in [4.78, 5) is 14.6. The van der Waals surface area contributed by atoms with E-state index in [0.717, 1.165) is 39.8 Å². The van der Waals surface area contributed by atoms with Crippen LogP contribution >= 0.6 is 0 Å². The highest BCUT2D eigenvalue weighted by molar-refractivity contribution is 5.89. The molecule has 0 spiro atoms. The van der Waals surface area contributed by atoms with Crippen LogP contribution < -0.4 is 9.47 Å². The van der Waals surface area contributed by atoms with Crippen LogP contribution in [0.15, 0.2) is 60.7 Å². The number of carbonyl (C=O) groups is 1. The number of methoxy groups -OCH3 is 1. The molecular formula is C31H39NO6. The number of hydrogen-bond donors (Lipinski definition) is 1. The lowest BCUT2D eigenvalue weighted by atomic mass is 9.87. The molecule has 1 heterocycles. The van der Waals surface area contributed by atoms with Crippen LogP contribution in [0.3, 0.4) is 0 Å². The van der Waals surface area contributed by atoms with Gasteiger partial charge in [0.05, 0.1) is 33.0 Å². The minimum atomic E-state index is -0.561. The monoisotopic (exact) mass is 521 g/mol. The average Bonchev–Trinajstić information content (AvgIpc) is 2.91. The van der Waals surface area contributed by atoms with E-state index in [1.807, 2.05) is 51.1 Å². The largest absolute Gasteiger partial charge is 0.496 e. The molecule has 2 atom stereocenters. The number of rotatable bonds is 9. The summed E-state index contributed by atoms with van der Waals surface area (Å²) in [5.41, 5.74) is 1.54. The van der Waals surface area contributed by atoms with Crippen LogP contribution in [0.1, 0.15) is 50.7 Å². The second-order valence-corrected chi connectivity index (χ2v) is 10.6. The number of benzene rings is 3. The smallest absolute Gasteiger partial charge is 0.410 e. The van der Waals surface area contributed by atoms with Gasteiger partial charge in [-0.1, -0.05) is 48.5 Å². The van der Waals surface area contributed by atoms with Gasteiger partial charge in [-0.15, -0.1) is 0 Å². The summed E-state index contributed by atoms with van der Waals surface area (Å²) in [5, 5.41) is 11.1. The fraction of sp³-hybridized carbons (Fsp3) is 0.452. The van der Waals surface area contributed by atoms with E-state index in [-0.39, 0.29) is 24.7 Å². The highest BCUT2D eigenvalue weighted by atomic mass is 16.6. The predicted molar refractivity (Wildman–Crippen MR) is 148 cm³/mol. The highest BCUT2D eigenvalue weighted by Crippen LogP contribution is 2.35. The molecule has 1 amide bonds. The summed E-state index contributed by atoms with van der Waals surface area (Å²) >= 11 is 0. The third kappa shape index (κ3) is 6.97. The average molecular weight is 522 g/mol. The van der Waals surface area contributed by atoms with E-state index in [0.29, 0.717) is 32.7 Å². The van der Waals surface area contributed by atoms with Crippen LogP contribution in [0, 0.1) is 0 Å². The van der Waals surface area contributed by atoms with Crippen molar-refractivity contribution in [3.8, 4) is 11.5 Å². The first kappa shape index (κ1) is 27.7. The van der Waals surface area contributed by atoms with Crippen molar-refractivity contribution in [1.82, 2.24) is 4.90 Å². The molecule has 1 N–H and O–H groups in total. The SMILES string of the molecule is COc1c(COC2CN(C(=O)OC(C)(C)C)CCC2c2ccc(OCCCO)cc2)ccc2ccccc12. The van der Waals surface area contributed by atoms with Gasteiger partial charge in [0.15, 0.2) is 0 Å². The summed E-state index contributed by atoms with van der Waals surface area (Å²) in [6, 6.07) is 20.3. The van der Waals surface area contributed by atoms with E-state index in [9.17, 15) is 4.79 Å². The molecule has 0 aliphatic carbocycles. The lowest BCUT2D eigenvalue weighted by Crippen LogP contribution is -2.48. The molecule has 0 saturated carbocycles. The van der Waals surface area contributed by atoms with Gasteiger partial charge < -0.3 is 29.0 Å². The van der Waals surface area contributed by atoms with Gasteiger partial charge in [-0.25, -0.2) is 4.79 Å². The summed E-state index contributed by atoms with van der Waals surface area (Å²) in [6.45, 7) is 7.60. The van der Waals surface area contributed by atoms with Crippen molar-refractivity contribution in [2.24, 2.45) is 0 Å². The van der Waals surface area contributed by atoms with E-state index < -0.39 is 5.60 Å². The number of aliphatic hydroxyl groups excluding tert-OH is 1. The first-order chi connectivity index (χ1) is 18.3. The molecule has 7 nitrogen and oxygen atoms in total. The number of piperidine rings is 1. The van der Waals surface area contributed by atoms with Crippen LogP contribution in [0.4, 0.5) is 4.79 Å². The first-order valence-corrected chi connectivity index (χ1v) is 13.3. The number of hydrogen-bond acceptors (Lipinski definition) is 6. The molecule has 1 aliphatic rings. The van der Waals surface area contributed by atoms with E-state index >= 15 is 0 Å². The van der Waals surface area contributed by atoms with Crippen molar-refractivity contribution >= 4 is 16.9 Å². The Bertz CT molecular complexity index is 1200. The normalized spacial score (nSPS) is 17.9. The fourth-order valence-corrected chi connectivity index (χ4v) is 4.86. The van der Waals surface area contributed by atoms with E-state index in [1.54, 1.807) is 12.0 Å². The Labute approximate surface area is 225 Å². The Balaban J connectivity index is 1.54. The maximum absolute atomic E-state index is 12.9. The van der Waals surface area contributed by atoms with E-state index in [2.05, 4.69) is 30.3 Å². The summed E-state index contributed by atoms with van der Waals surface area (Å²) in [5.74, 6) is 1.68. The van der Waals surface area contributed by atoms with Crippen molar-refractivity contribution in [3.63, 3.8) is 0 Å². The molecule has 3 aromatic rings. The number of ether oxygens (including phenoxy) is 4. The van der Waals surface area contributed by atoms with Gasteiger partial charge in [0.2, 0.25) is 0 Å². The van der Waals surface area contributed by atoms with Crippen molar-refractivity contribution in [3.05, 3.63) is 71.8 Å². The number of carbonyl (C=O) groups excluding carboxylic acids is 1. The fourth-order valence-electron chi connectivity index (χ4n) is 4.86. The van der Waals surface area contributed by atoms with Crippen LogP contribution in [0.5, 0.6) is 11.5 Å². The third-order valence-corrected chi connectivity index (χ3v) is 6.71. The molecule has 1 aliphatic heterocycles. The van der Waals surface area contributed by atoms with Gasteiger partial charge in [-0.3, -0.25) is 0 Å². The van der Waals surface area contributed by atoms with Crippen LogP contribution in [-0.4, -0.2) is 61.2 Å². The third-order valence-electron chi connectivity index (χ3n) is 6.71. The molecule has 0 radical (unpaired) electrons. The Hall–Kier alpha value is -3.29. The lowest BCUT2D eigenvalue weighted by molar-refractivity contribution is -0.0363. The number of aliphatic hydroxyl groups is 1. The Morgan fingerprint density at radius 1 is 1.05 bits per heavy atom. The molecule has 0 aromatic heterocycles. The first-order valence-electron chi connectivity index (χ1n) is 13.3. The Morgan fingerprint density at radius 3 is 2.53 bits per heavy atom. The standard InChI is InChI=1S/C31H39NO6/c1-31(2,3)38-30(34)32-17-16-26(23-12-14-25(15-13-23)36-19-7-18-33)28(20-32)37-21-24-11-10-22-8-5-6-9-27(22)29(24)35-4/h5-6,8-15,26,28,33H,7,16-21H2,1-4H3. The maximum Gasteiger partial charge on any atom is 0.410 e. The van der Waals surface area contributed by atoms with E-state index in [1.165, 1.54) is 0 Å². The maximum atomic E-state index is 12.9. The van der Waals surface area contributed by atoms with Crippen LogP contribution in [0.2, 0.25) is 0 Å². The zero-order valence-corrected chi connectivity index (χ0v) is 22.8. The molecule has 204 valence electrons. The molecular weight excluding hydrogens is 482 g/mol. The van der Waals surface area contributed by atoms with Crippen LogP contribution in [0.25, 0.3) is 10.8 Å². The molecule has 4 rings (SSSR count). The van der Waals surface area contributed by atoms with Crippen LogP contribution in [-0.2, 0) is 16.1 Å². The number of amides is 1. The molecule has 1 saturated heterocycles. The van der Waals surface area contributed by atoms with Gasteiger partial charge in [-0.2, -0.15) is 0 Å². The molecule has 1 fully saturated rings. The van der Waals surface area contributed by atoms with Gasteiger partial charge in [0.25, 0.3) is 0 Å². The molecule has 0 bridgehead atoms. The summed E-state index contributed by atoms with van der Waals surface area (Å²) in [7, 11) is 1.68. The molecule has 7 heteroatoms. The lowest BCUT2D eigenvalue weighted by Gasteiger charge is -2.39. The number of likely N-dealkylation sites (tertiary alicyclic amines) is 1. The Kier molecular flexibility index (Phi) is 9.13. The van der Waals surface area contributed by atoms with Gasteiger partial charge in [0, 0.05) is 36.4 Å². The van der Waals surface area contributed by atoms with Crippen molar-refractivity contribution in [1.29, 1.82) is 0 Å². The number of nitrogens with zero attached hydrogens (tertiary/aromatic N) is 1. The zero-order chi connectivity index (χ0) is 27.1. The van der Waals surface area contributed by atoms with Gasteiger partial charge in [-0.05, 0) is 50.3 Å². The number of fused-ring (bicyclic) bond motifs is 1. The second-order valence-electron chi connectivity index (χ2n) is 10.6. The van der Waals surface area contributed by atoms with Gasteiger partial charge >= 0.3 is 6.09 Å². The summed E-state index contributed by atoms with van der Waals surface area (Å²) in [6.07, 6.45) is 0.803. The topological polar surface area (TPSA) is 77.5 Å². The molecule has 38 heavy (non-hydrogen) atoms. The highest BCUT2D eigenvalue weighted by Gasteiger charge is 2.35. The summed E-state index contributed by atoms with van der Waals surface area (Å²) < 4.78 is 23.7. The minimum absolute atomic E-state index is 0.103. The van der Waals surface area contributed by atoms with E-state index in [4.69, 9.17) is 24.1 Å². The van der Waals surface area contributed by atoms with Crippen molar-refractivity contribution in [2.75, 3.05) is 33.4 Å². The quantitative estimate of drug-likeness (QED) is 0.352. The molecule has 3 aromatic carbocycles. The van der Waals surface area contributed by atoms with Crippen molar-refractivity contribution < 1.29 is 28.8 Å².